The zero-order chi connectivity index (χ0) is 53.6. The summed E-state index contributed by atoms with van der Waals surface area (Å²) in [5.41, 5.74) is 15.2. The van der Waals surface area contributed by atoms with Crippen molar-refractivity contribution in [1.82, 2.24) is 9.55 Å². The zero-order valence-corrected chi connectivity index (χ0v) is 49.9. The zero-order valence-electron chi connectivity index (χ0n) is 47.6. The number of pyridine rings is 1. The van der Waals surface area contributed by atoms with Crippen LogP contribution in [-0.2, 0) is 53.6 Å². The van der Waals surface area contributed by atoms with Crippen LogP contribution in [0.3, 0.4) is 0 Å². The molecule has 0 unspecified atom stereocenters. The van der Waals surface area contributed by atoms with Gasteiger partial charge in [0.2, 0.25) is 0 Å². The summed E-state index contributed by atoms with van der Waals surface area (Å²) in [6.07, 6.45) is 1.93. The van der Waals surface area contributed by atoms with Gasteiger partial charge in [-0.3, -0.25) is 0 Å². The van der Waals surface area contributed by atoms with Gasteiger partial charge in [0.05, 0.1) is 0 Å². The number of ether oxygens (including phenoxy) is 1. The van der Waals surface area contributed by atoms with E-state index in [0.717, 1.165) is 55.9 Å². The predicted molar refractivity (Wildman–Crippen MR) is 316 cm³/mol. The molecule has 7 aromatic carbocycles. The Balaban J connectivity index is 0.00000706. The summed E-state index contributed by atoms with van der Waals surface area (Å²) in [5.74, 6) is 2.06. The molecule has 0 bridgehead atoms. The maximum Gasteiger partial charge on any atom is 0.135 e. The molecule has 0 aliphatic carbocycles. The molecule has 76 heavy (non-hydrogen) atoms. The van der Waals surface area contributed by atoms with Crippen LogP contribution < -0.4 is 14.5 Å². The molecule has 0 saturated heterocycles. The first-order chi connectivity index (χ1) is 35.2. The van der Waals surface area contributed by atoms with Gasteiger partial charge in [-0.1, -0.05) is 201 Å². The third-order valence-corrected chi connectivity index (χ3v) is 15.8. The van der Waals surface area contributed by atoms with Crippen molar-refractivity contribution in [3.63, 3.8) is 0 Å². The van der Waals surface area contributed by atoms with E-state index >= 15 is 0 Å². The molecule has 0 spiro atoms. The van der Waals surface area contributed by atoms with Crippen molar-refractivity contribution >= 4 is 44.6 Å². The molecule has 0 N–H and O–H groups in total. The summed E-state index contributed by atoms with van der Waals surface area (Å²) in [4.78, 5) is 9.69. The van der Waals surface area contributed by atoms with E-state index in [1.54, 1.807) is 0 Å². The maximum atomic E-state index is 7.11. The number of rotatable bonds is 9. The summed E-state index contributed by atoms with van der Waals surface area (Å²) in [5, 5.41) is 2.26. The van der Waals surface area contributed by atoms with E-state index < -0.39 is 5.41 Å². The van der Waals surface area contributed by atoms with Gasteiger partial charge in [-0.05, 0) is 114 Å². The van der Waals surface area contributed by atoms with Crippen molar-refractivity contribution in [2.24, 2.45) is 0 Å². The van der Waals surface area contributed by atoms with Gasteiger partial charge in [-0.2, -0.15) is 6.07 Å². The summed E-state index contributed by atoms with van der Waals surface area (Å²) in [6.45, 7) is 38.9. The second-order valence-electron chi connectivity index (χ2n) is 26.1. The molecule has 0 saturated carbocycles. The number of hydrogen-bond acceptors (Lipinski definition) is 4. The Morgan fingerprint density at radius 3 is 1.58 bits per heavy atom. The van der Waals surface area contributed by atoms with Gasteiger partial charge < -0.3 is 19.1 Å². The van der Waals surface area contributed by atoms with Crippen molar-refractivity contribution in [1.29, 1.82) is 0 Å². The minimum Gasteiger partial charge on any atom is -0.509 e. The van der Waals surface area contributed by atoms with Crippen LogP contribution in [0.5, 0.6) is 11.5 Å². The summed E-state index contributed by atoms with van der Waals surface area (Å²) in [7, 11) is 0. The standard InChI is InChI=1S/C70H75N4O.Pt/c1-65(2,3)48-27-31-60-59(40-48)58-30-29-56(44-62(58)74(60)64-42-50(33-34-71-64)67(7,8)9)75-57-39-53(70(15,16)47-25-21-18-22-26-47)38-55(43-57)72-45-73(63-41-49(66(4,5)6)28-32-61(63)72)54-36-51(68(10,11)12)35-52(37-54)69(13,14)46-23-19-17-20-24-46;/h17-42,45H,1-16H3;/q-3;. The minimum atomic E-state index is -0.394. The Morgan fingerprint density at radius 1 is 0.421 bits per heavy atom. The molecule has 1 aliphatic rings. The molecule has 0 amide bonds. The van der Waals surface area contributed by atoms with Crippen LogP contribution in [0, 0.1) is 18.8 Å². The number of aromatic nitrogens is 2. The molecule has 9 aromatic rings. The largest absolute Gasteiger partial charge is 0.509 e. The normalized spacial score (nSPS) is 13.6. The molecule has 10 rings (SSSR count). The van der Waals surface area contributed by atoms with E-state index in [9.17, 15) is 0 Å². The molecular weight excluding hydrogens is 1110 g/mol. The topological polar surface area (TPSA) is 33.5 Å². The number of hydrogen-bond donors (Lipinski definition) is 0. The minimum absolute atomic E-state index is 0. The van der Waals surface area contributed by atoms with Gasteiger partial charge in [0.25, 0.3) is 0 Å². The number of fused-ring (bicyclic) bond motifs is 4. The first-order valence-electron chi connectivity index (χ1n) is 26.8. The molecular formula is C70H75N4OPt-3. The van der Waals surface area contributed by atoms with Crippen molar-refractivity contribution in [3.05, 3.63) is 221 Å². The van der Waals surface area contributed by atoms with Crippen LogP contribution >= 0.6 is 0 Å². The third kappa shape index (κ3) is 10.3. The Morgan fingerprint density at radius 2 is 0.974 bits per heavy atom. The fraction of sp³-hybridized carbons (Fsp3) is 0.314. The Labute approximate surface area is 468 Å². The van der Waals surface area contributed by atoms with E-state index in [0.29, 0.717) is 11.5 Å². The van der Waals surface area contributed by atoms with E-state index in [1.165, 1.54) is 38.9 Å². The molecule has 0 radical (unpaired) electrons. The van der Waals surface area contributed by atoms with Gasteiger partial charge in [0.1, 0.15) is 5.82 Å². The molecule has 0 fully saturated rings. The molecule has 6 heteroatoms. The number of anilines is 4. The van der Waals surface area contributed by atoms with Crippen LogP contribution in [0.1, 0.15) is 155 Å². The maximum absolute atomic E-state index is 7.11. The number of benzene rings is 7. The van der Waals surface area contributed by atoms with Crippen LogP contribution in [0.4, 0.5) is 22.7 Å². The van der Waals surface area contributed by atoms with Gasteiger partial charge in [-0.15, -0.1) is 53.6 Å². The fourth-order valence-electron chi connectivity index (χ4n) is 10.5. The predicted octanol–water partition coefficient (Wildman–Crippen LogP) is 18.8. The van der Waals surface area contributed by atoms with Crippen molar-refractivity contribution in [2.45, 2.75) is 143 Å². The molecule has 0 atom stereocenters. The Bertz CT molecular complexity index is 3600. The van der Waals surface area contributed by atoms with Gasteiger partial charge in [0.15, 0.2) is 0 Å². The van der Waals surface area contributed by atoms with Gasteiger partial charge in [0, 0.05) is 66.8 Å². The van der Waals surface area contributed by atoms with Crippen LogP contribution in [-0.4, -0.2) is 9.55 Å². The first kappa shape index (κ1) is 54.4. The summed E-state index contributed by atoms with van der Waals surface area (Å²) in [6, 6.07) is 63.3. The second kappa shape index (κ2) is 19.5. The van der Waals surface area contributed by atoms with E-state index in [-0.39, 0.29) is 48.1 Å². The molecule has 3 heterocycles. The average molecular weight is 1180 g/mol. The summed E-state index contributed by atoms with van der Waals surface area (Å²) < 4.78 is 9.36. The quantitative estimate of drug-likeness (QED) is 0.135. The van der Waals surface area contributed by atoms with Crippen molar-refractivity contribution in [2.75, 3.05) is 9.80 Å². The summed E-state index contributed by atoms with van der Waals surface area (Å²) >= 11 is 0. The molecule has 5 nitrogen and oxygen atoms in total. The van der Waals surface area contributed by atoms with Gasteiger partial charge in [-0.25, -0.2) is 4.98 Å². The molecule has 1 aliphatic heterocycles. The fourth-order valence-corrected chi connectivity index (χ4v) is 10.5. The van der Waals surface area contributed by atoms with Crippen molar-refractivity contribution < 1.29 is 25.8 Å². The smallest absolute Gasteiger partial charge is 0.135 e. The molecule has 2 aromatic heterocycles. The van der Waals surface area contributed by atoms with E-state index in [1.807, 2.05) is 6.20 Å². The van der Waals surface area contributed by atoms with E-state index in [4.69, 9.17) is 9.72 Å². The van der Waals surface area contributed by atoms with Crippen LogP contribution in [0.25, 0.3) is 27.6 Å². The van der Waals surface area contributed by atoms with Crippen LogP contribution in [0.15, 0.2) is 158 Å². The monoisotopic (exact) mass is 1180 g/mol. The first-order valence-corrected chi connectivity index (χ1v) is 26.8. The third-order valence-electron chi connectivity index (χ3n) is 15.8. The van der Waals surface area contributed by atoms with Crippen LogP contribution in [0.2, 0.25) is 0 Å². The molecule has 394 valence electrons. The SMILES string of the molecule is CC(C)(C)c1cc(N2[CH-]N(c3[c-]c(Oc4[c-]c5c(cc4)c4cc(C(C)(C)C)ccc4n5-c4cc(C(C)(C)C)ccn4)cc(C(C)(C)c4ccccc4)c3)c3ccc(C(C)(C)C)cc32)cc(C(C)(C)c2ccccc2)c1.[Pt]. The number of nitrogens with zero attached hydrogens (tertiary/aromatic N) is 4. The average Bonchev–Trinajstić information content (AvgIpc) is 3.96. The Hall–Kier alpha value is -6.42. The second-order valence-corrected chi connectivity index (χ2v) is 26.1. The van der Waals surface area contributed by atoms with E-state index in [2.05, 4.69) is 296 Å². The van der Waals surface area contributed by atoms with Gasteiger partial charge >= 0.3 is 0 Å². The van der Waals surface area contributed by atoms with Crippen molar-refractivity contribution in [3.8, 4) is 17.3 Å². The Kier molecular flexibility index (Phi) is 14.0.